The lowest BCUT2D eigenvalue weighted by Crippen LogP contribution is -2.27. The topological polar surface area (TPSA) is 21.7 Å². The predicted molar refractivity (Wildman–Crippen MR) is 84.9 cm³/mol. The van der Waals surface area contributed by atoms with Gasteiger partial charge in [0.2, 0.25) is 0 Å². The van der Waals surface area contributed by atoms with Gasteiger partial charge in [-0.05, 0) is 53.1 Å². The molecule has 18 heavy (non-hydrogen) atoms. The summed E-state index contributed by atoms with van der Waals surface area (Å²) in [6, 6.07) is 0. The zero-order valence-corrected chi connectivity index (χ0v) is 14.8. The van der Waals surface area contributed by atoms with Gasteiger partial charge in [-0.15, -0.1) is 0 Å². The highest BCUT2D eigenvalue weighted by Crippen LogP contribution is 2.60. The largest absolute Gasteiger partial charge is 0.357 e. The van der Waals surface area contributed by atoms with Crippen LogP contribution in [0, 0.1) is 0 Å². The average Bonchev–Trinajstić information content (AvgIpc) is 2.30. The highest BCUT2D eigenvalue weighted by molar-refractivity contribution is 7.71. The SMILES string of the molecule is CCCP(OCC)C(N(C)C)P(CCC)OCC. The maximum atomic E-state index is 6.04. The van der Waals surface area contributed by atoms with Crippen LogP contribution in [-0.2, 0) is 9.05 Å². The summed E-state index contributed by atoms with van der Waals surface area (Å²) in [5.41, 5.74) is 0.481. The van der Waals surface area contributed by atoms with E-state index in [-0.39, 0.29) is 0 Å². The molecule has 0 rings (SSSR count). The van der Waals surface area contributed by atoms with Crippen molar-refractivity contribution in [3.8, 4) is 0 Å². The molecule has 0 radical (unpaired) electrons. The lowest BCUT2D eigenvalue weighted by atomic mass is 10.6. The molecule has 0 saturated carbocycles. The molecule has 5 heteroatoms. The standard InChI is InChI=1S/C13H31NO2P2/c1-7-11-17(15-9-3)13(14(5)6)18(12-8-2)16-10-4/h13H,7-12H2,1-6H3. The van der Waals surface area contributed by atoms with E-state index in [0.29, 0.717) is 5.52 Å². The molecule has 3 nitrogen and oxygen atoms in total. The van der Waals surface area contributed by atoms with Crippen molar-refractivity contribution >= 4 is 16.3 Å². The summed E-state index contributed by atoms with van der Waals surface area (Å²) in [5, 5.41) is 0. The van der Waals surface area contributed by atoms with E-state index in [9.17, 15) is 0 Å². The van der Waals surface area contributed by atoms with Gasteiger partial charge in [0.05, 0.1) is 21.8 Å². The van der Waals surface area contributed by atoms with E-state index in [1.165, 1.54) is 25.2 Å². The number of nitrogens with zero attached hydrogens (tertiary/aromatic N) is 1. The molecule has 0 aromatic rings. The quantitative estimate of drug-likeness (QED) is 0.523. The smallest absolute Gasteiger partial charge is 0.0985 e. The van der Waals surface area contributed by atoms with Crippen molar-refractivity contribution in [2.75, 3.05) is 39.6 Å². The van der Waals surface area contributed by atoms with E-state index >= 15 is 0 Å². The number of hydrogen-bond donors (Lipinski definition) is 0. The van der Waals surface area contributed by atoms with Crippen LogP contribution in [0.3, 0.4) is 0 Å². The summed E-state index contributed by atoms with van der Waals surface area (Å²) in [7, 11) is 3.54. The monoisotopic (exact) mass is 295 g/mol. The second-order valence-electron chi connectivity index (χ2n) is 4.43. The van der Waals surface area contributed by atoms with Gasteiger partial charge in [-0.2, -0.15) is 0 Å². The predicted octanol–water partition coefficient (Wildman–Crippen LogP) is 4.52. The zero-order chi connectivity index (χ0) is 14.0. The van der Waals surface area contributed by atoms with Crippen LogP contribution in [0.4, 0.5) is 0 Å². The van der Waals surface area contributed by atoms with Crippen LogP contribution in [0.2, 0.25) is 0 Å². The zero-order valence-electron chi connectivity index (χ0n) is 13.0. The van der Waals surface area contributed by atoms with Gasteiger partial charge in [0.25, 0.3) is 0 Å². The van der Waals surface area contributed by atoms with Gasteiger partial charge in [-0.1, -0.05) is 13.8 Å². The minimum Gasteiger partial charge on any atom is -0.357 e. The van der Waals surface area contributed by atoms with Gasteiger partial charge in [0.15, 0.2) is 0 Å². The Balaban J connectivity index is 4.82. The van der Waals surface area contributed by atoms with Crippen LogP contribution in [0.25, 0.3) is 0 Å². The van der Waals surface area contributed by atoms with Gasteiger partial charge >= 0.3 is 0 Å². The van der Waals surface area contributed by atoms with Gasteiger partial charge in [-0.25, -0.2) is 0 Å². The summed E-state index contributed by atoms with van der Waals surface area (Å²) in [6.45, 7) is 10.3. The van der Waals surface area contributed by atoms with Crippen LogP contribution in [0.5, 0.6) is 0 Å². The molecule has 0 heterocycles. The Morgan fingerprint density at radius 1 is 0.833 bits per heavy atom. The third-order valence-corrected chi connectivity index (χ3v) is 8.91. The van der Waals surface area contributed by atoms with Crippen molar-refractivity contribution in [3.63, 3.8) is 0 Å². The first kappa shape index (κ1) is 18.7. The fourth-order valence-electron chi connectivity index (χ4n) is 1.92. The van der Waals surface area contributed by atoms with E-state index in [1.54, 1.807) is 0 Å². The molecule has 0 amide bonds. The highest BCUT2D eigenvalue weighted by Gasteiger charge is 2.32. The van der Waals surface area contributed by atoms with Gasteiger partial charge in [0, 0.05) is 13.2 Å². The van der Waals surface area contributed by atoms with Crippen molar-refractivity contribution in [1.82, 2.24) is 4.90 Å². The summed E-state index contributed by atoms with van der Waals surface area (Å²) in [5.74, 6) is 0. The van der Waals surface area contributed by atoms with E-state index in [1.807, 2.05) is 0 Å². The average molecular weight is 295 g/mol. The first-order chi connectivity index (χ1) is 8.62. The van der Waals surface area contributed by atoms with Crippen LogP contribution in [0.15, 0.2) is 0 Å². The Bertz CT molecular complexity index is 166. The normalized spacial score (nSPS) is 16.8. The number of hydrogen-bond acceptors (Lipinski definition) is 3. The molecule has 0 saturated heterocycles. The molecule has 0 aromatic carbocycles. The molecule has 2 unspecified atom stereocenters. The Morgan fingerprint density at radius 3 is 1.44 bits per heavy atom. The Morgan fingerprint density at radius 2 is 1.22 bits per heavy atom. The minimum absolute atomic E-state index is 0.396. The highest BCUT2D eigenvalue weighted by atomic mass is 31.2. The van der Waals surface area contributed by atoms with Gasteiger partial charge in [0.1, 0.15) is 0 Å². The lowest BCUT2D eigenvalue weighted by Gasteiger charge is -2.37. The van der Waals surface area contributed by atoms with Crippen LogP contribution in [-0.4, -0.2) is 50.1 Å². The summed E-state index contributed by atoms with van der Waals surface area (Å²) < 4.78 is 12.1. The maximum absolute atomic E-state index is 6.04. The molecule has 0 aromatic heterocycles. The van der Waals surface area contributed by atoms with E-state index in [0.717, 1.165) is 13.2 Å². The second-order valence-corrected chi connectivity index (χ2v) is 8.89. The fourth-order valence-corrected chi connectivity index (χ4v) is 7.73. The fraction of sp³-hybridized carbons (Fsp3) is 1.00. The van der Waals surface area contributed by atoms with Crippen molar-refractivity contribution in [1.29, 1.82) is 0 Å². The number of rotatable bonds is 11. The summed E-state index contributed by atoms with van der Waals surface area (Å²) in [6.07, 6.45) is 4.75. The van der Waals surface area contributed by atoms with Crippen LogP contribution in [0.1, 0.15) is 40.5 Å². The molecule has 0 bridgehead atoms. The molecular weight excluding hydrogens is 264 g/mol. The Hall–Kier alpha value is 0.740. The van der Waals surface area contributed by atoms with Gasteiger partial charge in [-0.3, -0.25) is 4.90 Å². The van der Waals surface area contributed by atoms with Crippen LogP contribution >= 0.6 is 16.3 Å². The first-order valence-corrected chi connectivity index (χ1v) is 10.1. The van der Waals surface area contributed by atoms with Crippen molar-refractivity contribution < 1.29 is 9.05 Å². The second kappa shape index (κ2) is 11.6. The van der Waals surface area contributed by atoms with Crippen molar-refractivity contribution in [2.45, 2.75) is 46.1 Å². The molecule has 0 aliphatic rings. The van der Waals surface area contributed by atoms with Crippen LogP contribution < -0.4 is 0 Å². The summed E-state index contributed by atoms with van der Waals surface area (Å²) in [4.78, 5) is 2.33. The molecule has 110 valence electrons. The Labute approximate surface area is 116 Å². The first-order valence-electron chi connectivity index (χ1n) is 7.07. The van der Waals surface area contributed by atoms with E-state index in [4.69, 9.17) is 9.05 Å². The molecule has 0 aliphatic heterocycles. The maximum Gasteiger partial charge on any atom is 0.0985 e. The van der Waals surface area contributed by atoms with Crippen molar-refractivity contribution in [2.24, 2.45) is 0 Å². The Kier molecular flexibility index (Phi) is 12.0. The third-order valence-electron chi connectivity index (χ3n) is 2.45. The minimum atomic E-state index is -0.396. The van der Waals surface area contributed by atoms with Gasteiger partial charge < -0.3 is 9.05 Å². The van der Waals surface area contributed by atoms with E-state index < -0.39 is 16.3 Å². The molecular formula is C13H31NO2P2. The molecule has 0 fully saturated rings. The molecule has 0 spiro atoms. The molecule has 0 N–H and O–H groups in total. The third kappa shape index (κ3) is 6.78. The van der Waals surface area contributed by atoms with E-state index in [2.05, 4.69) is 46.7 Å². The molecule has 2 atom stereocenters. The molecule has 0 aliphatic carbocycles. The van der Waals surface area contributed by atoms with Crippen molar-refractivity contribution in [3.05, 3.63) is 0 Å². The lowest BCUT2D eigenvalue weighted by molar-refractivity contribution is 0.326. The summed E-state index contributed by atoms with van der Waals surface area (Å²) >= 11 is 0.